The van der Waals surface area contributed by atoms with Gasteiger partial charge in [-0.15, -0.1) is 11.3 Å². The number of phenols is 1. The van der Waals surface area contributed by atoms with Crippen LogP contribution in [0.1, 0.15) is 33.6 Å². The third-order valence-electron chi connectivity index (χ3n) is 5.72. The number of nitrogens with one attached hydrogen (secondary N) is 1. The third-order valence-corrected chi connectivity index (χ3v) is 6.70. The van der Waals surface area contributed by atoms with Crippen molar-refractivity contribution in [2.24, 2.45) is 0 Å². The Morgan fingerprint density at radius 3 is 2.62 bits per heavy atom. The van der Waals surface area contributed by atoms with Crippen molar-refractivity contribution in [3.05, 3.63) is 70.4 Å². The van der Waals surface area contributed by atoms with Gasteiger partial charge in [-0.1, -0.05) is 30.3 Å². The number of aliphatic hydroxyl groups excluding tert-OH is 1. The predicted octanol–water partition coefficient (Wildman–Crippen LogP) is 3.02. The lowest BCUT2D eigenvalue weighted by Gasteiger charge is -2.24. The molecule has 7 nitrogen and oxygen atoms in total. The number of aromatic nitrogens is 1. The molecule has 4 rings (SSSR count). The molecule has 32 heavy (non-hydrogen) atoms. The molecule has 2 atom stereocenters. The highest BCUT2D eigenvalue weighted by Crippen LogP contribution is 2.27. The van der Waals surface area contributed by atoms with E-state index in [1.807, 2.05) is 36.7 Å². The van der Waals surface area contributed by atoms with E-state index in [1.54, 1.807) is 24.3 Å². The van der Waals surface area contributed by atoms with Gasteiger partial charge in [-0.2, -0.15) is 0 Å². The first-order valence-corrected chi connectivity index (χ1v) is 11.3. The molecular formula is C24H25N3O4S. The van der Waals surface area contributed by atoms with Crippen molar-refractivity contribution in [3.63, 3.8) is 0 Å². The molecule has 1 saturated heterocycles. The van der Waals surface area contributed by atoms with Gasteiger partial charge >= 0.3 is 0 Å². The van der Waals surface area contributed by atoms with E-state index in [9.17, 15) is 19.8 Å². The quantitative estimate of drug-likeness (QED) is 0.553. The molecule has 1 aromatic heterocycles. The fourth-order valence-corrected chi connectivity index (χ4v) is 4.75. The zero-order chi connectivity index (χ0) is 22.8. The summed E-state index contributed by atoms with van der Waals surface area (Å²) in [4.78, 5) is 32.7. The highest BCUT2D eigenvalue weighted by atomic mass is 32.1. The van der Waals surface area contributed by atoms with Crippen molar-refractivity contribution in [2.75, 3.05) is 6.54 Å². The molecule has 2 heterocycles. The van der Waals surface area contributed by atoms with Gasteiger partial charge in [-0.25, -0.2) is 4.98 Å². The molecule has 166 valence electrons. The fourth-order valence-electron chi connectivity index (χ4n) is 3.94. The summed E-state index contributed by atoms with van der Waals surface area (Å²) in [7, 11) is 0. The number of benzene rings is 2. The maximum atomic E-state index is 13.1. The number of likely N-dealkylation sites (tertiary alicyclic amines) is 1. The first kappa shape index (κ1) is 22.0. The monoisotopic (exact) mass is 451 g/mol. The van der Waals surface area contributed by atoms with Gasteiger partial charge in [0.2, 0.25) is 5.91 Å². The number of aliphatic hydroxyl groups is 1. The molecule has 0 saturated carbocycles. The second-order valence-corrected chi connectivity index (χ2v) is 8.90. The summed E-state index contributed by atoms with van der Waals surface area (Å²) in [5.74, 6) is -0.703. The van der Waals surface area contributed by atoms with Crippen LogP contribution in [0, 0.1) is 13.8 Å². The van der Waals surface area contributed by atoms with E-state index in [1.165, 1.54) is 17.0 Å². The van der Waals surface area contributed by atoms with Crippen LogP contribution in [0.2, 0.25) is 0 Å². The summed E-state index contributed by atoms with van der Waals surface area (Å²) < 4.78 is 0. The lowest BCUT2D eigenvalue weighted by atomic mass is 10.1. The Labute approximate surface area is 190 Å². The van der Waals surface area contributed by atoms with Crippen molar-refractivity contribution in [2.45, 2.75) is 39.0 Å². The summed E-state index contributed by atoms with van der Waals surface area (Å²) >= 11 is 1.59. The molecule has 1 aliphatic heterocycles. The minimum Gasteiger partial charge on any atom is -0.508 e. The number of aryl methyl sites for hydroxylation is 2. The number of rotatable bonds is 5. The smallest absolute Gasteiger partial charge is 0.255 e. The Balaban J connectivity index is 1.43. The molecule has 3 aromatic rings. The Hall–Kier alpha value is -3.23. The summed E-state index contributed by atoms with van der Waals surface area (Å²) in [5.41, 5.74) is 5.85. The van der Waals surface area contributed by atoms with Crippen molar-refractivity contribution in [3.8, 4) is 16.2 Å². The van der Waals surface area contributed by atoms with E-state index in [-0.39, 0.29) is 30.5 Å². The molecular weight excluding hydrogens is 426 g/mol. The van der Waals surface area contributed by atoms with E-state index >= 15 is 0 Å². The highest BCUT2D eigenvalue weighted by molar-refractivity contribution is 7.13. The second kappa shape index (κ2) is 9.10. The van der Waals surface area contributed by atoms with E-state index in [0.717, 1.165) is 21.7 Å². The summed E-state index contributed by atoms with van der Waals surface area (Å²) in [6.07, 6.45) is -0.590. The first-order chi connectivity index (χ1) is 15.3. The molecule has 2 aromatic carbocycles. The molecule has 0 bridgehead atoms. The molecule has 3 N–H and O–H groups in total. The van der Waals surface area contributed by atoms with Crippen molar-refractivity contribution in [1.82, 2.24) is 15.2 Å². The van der Waals surface area contributed by atoms with Gasteiger partial charge in [0.15, 0.2) is 0 Å². The number of carbonyl (C=O) groups is 2. The van der Waals surface area contributed by atoms with Gasteiger partial charge in [0, 0.05) is 25.1 Å². The summed E-state index contributed by atoms with van der Waals surface area (Å²) in [5, 5.41) is 22.8. The van der Waals surface area contributed by atoms with Crippen LogP contribution in [0.15, 0.2) is 48.0 Å². The molecule has 0 aliphatic carbocycles. The van der Waals surface area contributed by atoms with E-state index < -0.39 is 12.1 Å². The second-order valence-electron chi connectivity index (χ2n) is 8.04. The van der Waals surface area contributed by atoms with Gasteiger partial charge in [-0.3, -0.25) is 9.59 Å². The average Bonchev–Trinajstić information content (AvgIpc) is 3.39. The zero-order valence-electron chi connectivity index (χ0n) is 17.9. The maximum Gasteiger partial charge on any atom is 0.255 e. The standard InChI is InChI=1S/C24H25N3O4S/c1-14-3-8-18(28)9-20(14)24(31)27-12-19(29)10-21(27)23(30)25-11-16-4-6-17(7-5-16)22-15(2)26-13-32-22/h3-9,13,19,21,28-29H,10-12H2,1-2H3,(H,25,30). The number of thiazole rings is 1. The fraction of sp³-hybridized carbons (Fsp3) is 0.292. The van der Waals surface area contributed by atoms with E-state index in [4.69, 9.17) is 0 Å². The van der Waals surface area contributed by atoms with Gasteiger partial charge in [-0.05, 0) is 42.7 Å². The number of hydrogen-bond donors (Lipinski definition) is 3. The number of aromatic hydroxyl groups is 1. The Bertz CT molecular complexity index is 1140. The minimum absolute atomic E-state index is 0.0170. The van der Waals surface area contributed by atoms with Crippen LogP contribution >= 0.6 is 11.3 Å². The Kier molecular flexibility index (Phi) is 6.25. The number of nitrogens with zero attached hydrogens (tertiary/aromatic N) is 2. The number of β-amino-alcohol motifs (C(OH)–C–C–N with tert-alkyl or cyclic N) is 1. The van der Waals surface area contributed by atoms with Crippen LogP contribution in [0.5, 0.6) is 5.75 Å². The van der Waals surface area contributed by atoms with Crippen LogP contribution in [-0.4, -0.2) is 50.6 Å². The van der Waals surface area contributed by atoms with Gasteiger partial charge in [0.05, 0.1) is 22.2 Å². The number of carbonyl (C=O) groups excluding carboxylic acids is 2. The topological polar surface area (TPSA) is 103 Å². The molecule has 0 spiro atoms. The van der Waals surface area contributed by atoms with Gasteiger partial charge in [0.1, 0.15) is 11.8 Å². The molecule has 8 heteroatoms. The lowest BCUT2D eigenvalue weighted by Crippen LogP contribution is -2.45. The van der Waals surface area contributed by atoms with Gasteiger partial charge < -0.3 is 20.4 Å². The molecule has 2 unspecified atom stereocenters. The van der Waals surface area contributed by atoms with Crippen LogP contribution in [0.3, 0.4) is 0 Å². The summed E-state index contributed by atoms with van der Waals surface area (Å²) in [6, 6.07) is 11.7. The van der Waals surface area contributed by atoms with Crippen molar-refractivity contribution in [1.29, 1.82) is 0 Å². The molecule has 0 radical (unpaired) electrons. The van der Waals surface area contributed by atoms with Crippen LogP contribution in [0.4, 0.5) is 0 Å². The van der Waals surface area contributed by atoms with Crippen molar-refractivity contribution >= 4 is 23.2 Å². The average molecular weight is 452 g/mol. The molecule has 2 amide bonds. The predicted molar refractivity (Wildman–Crippen MR) is 122 cm³/mol. The number of amides is 2. The minimum atomic E-state index is -0.769. The van der Waals surface area contributed by atoms with E-state index in [0.29, 0.717) is 17.7 Å². The van der Waals surface area contributed by atoms with Crippen LogP contribution in [0.25, 0.3) is 10.4 Å². The highest BCUT2D eigenvalue weighted by Gasteiger charge is 2.39. The van der Waals surface area contributed by atoms with Crippen molar-refractivity contribution < 1.29 is 19.8 Å². The number of phenolic OH excluding ortho intramolecular Hbond substituents is 1. The van der Waals surface area contributed by atoms with Gasteiger partial charge in [0.25, 0.3) is 5.91 Å². The Morgan fingerprint density at radius 2 is 1.94 bits per heavy atom. The van der Waals surface area contributed by atoms with E-state index in [2.05, 4.69) is 10.3 Å². The summed E-state index contributed by atoms with van der Waals surface area (Å²) in [6.45, 7) is 4.14. The zero-order valence-corrected chi connectivity index (χ0v) is 18.7. The molecule has 1 aliphatic rings. The first-order valence-electron chi connectivity index (χ1n) is 10.4. The normalized spacial score (nSPS) is 18.0. The maximum absolute atomic E-state index is 13.1. The van der Waals surface area contributed by atoms with Crippen LogP contribution < -0.4 is 5.32 Å². The Morgan fingerprint density at radius 1 is 1.19 bits per heavy atom. The molecule has 1 fully saturated rings. The largest absolute Gasteiger partial charge is 0.508 e. The lowest BCUT2D eigenvalue weighted by molar-refractivity contribution is -0.125. The third kappa shape index (κ3) is 4.51. The number of hydrogen-bond acceptors (Lipinski definition) is 6. The van der Waals surface area contributed by atoms with Crippen LogP contribution in [-0.2, 0) is 11.3 Å². The SMILES string of the molecule is Cc1ccc(O)cc1C(=O)N1CC(O)CC1C(=O)NCc1ccc(-c2scnc2C)cc1.